The highest BCUT2D eigenvalue weighted by Crippen LogP contribution is 2.24. The predicted molar refractivity (Wildman–Crippen MR) is 80.4 cm³/mol. The van der Waals surface area contributed by atoms with E-state index in [1.165, 1.54) is 0 Å². The van der Waals surface area contributed by atoms with Gasteiger partial charge in [-0.1, -0.05) is 34.4 Å². The largest absolute Gasteiger partial charge is 0.361 e. The summed E-state index contributed by atoms with van der Waals surface area (Å²) >= 11 is 11.9. The molecule has 2 heterocycles. The van der Waals surface area contributed by atoms with Crippen LogP contribution in [0.5, 0.6) is 0 Å². The molecule has 0 fully saturated rings. The van der Waals surface area contributed by atoms with Crippen molar-refractivity contribution in [2.45, 2.75) is 25.8 Å². The molecule has 1 aromatic carbocycles. The molecule has 0 saturated carbocycles. The summed E-state index contributed by atoms with van der Waals surface area (Å²) in [6.45, 7) is 1.27. The molecule has 1 aliphatic rings. The first-order chi connectivity index (χ1) is 10.1. The summed E-state index contributed by atoms with van der Waals surface area (Å²) in [5, 5.41) is 4.82. The van der Waals surface area contributed by atoms with Gasteiger partial charge in [-0.25, -0.2) is 0 Å². The molecular weight excluding hydrogens is 311 g/mol. The molecule has 0 saturated heterocycles. The Morgan fingerprint density at radius 2 is 2.19 bits per heavy atom. The lowest BCUT2D eigenvalue weighted by Gasteiger charge is -2.25. The van der Waals surface area contributed by atoms with E-state index in [0.717, 1.165) is 23.3 Å². The highest BCUT2D eigenvalue weighted by molar-refractivity contribution is 6.42. The van der Waals surface area contributed by atoms with Crippen molar-refractivity contribution in [2.75, 3.05) is 6.54 Å². The first-order valence-corrected chi connectivity index (χ1v) is 7.53. The lowest BCUT2D eigenvalue weighted by atomic mass is 10.1. The zero-order chi connectivity index (χ0) is 14.8. The molecule has 110 valence electrons. The van der Waals surface area contributed by atoms with E-state index in [0.29, 0.717) is 36.0 Å². The van der Waals surface area contributed by atoms with Crippen LogP contribution in [0.4, 0.5) is 0 Å². The molecule has 0 spiro atoms. The maximum atomic E-state index is 12.3. The van der Waals surface area contributed by atoms with Crippen LogP contribution in [0.2, 0.25) is 10.0 Å². The van der Waals surface area contributed by atoms with Gasteiger partial charge in [-0.15, -0.1) is 0 Å². The van der Waals surface area contributed by atoms with Crippen LogP contribution in [0, 0.1) is 0 Å². The van der Waals surface area contributed by atoms with Crippen molar-refractivity contribution >= 4 is 29.1 Å². The number of halogens is 2. The SMILES string of the molecule is O=C(CCc1ccc(Cl)c(Cl)c1)N1CCc2oncc2C1. The number of aryl methyl sites for hydroxylation is 1. The highest BCUT2D eigenvalue weighted by Gasteiger charge is 2.23. The van der Waals surface area contributed by atoms with Gasteiger partial charge in [-0.3, -0.25) is 4.79 Å². The summed E-state index contributed by atoms with van der Waals surface area (Å²) in [5.41, 5.74) is 2.02. The summed E-state index contributed by atoms with van der Waals surface area (Å²) < 4.78 is 5.12. The van der Waals surface area contributed by atoms with E-state index in [-0.39, 0.29) is 5.91 Å². The minimum Gasteiger partial charge on any atom is -0.361 e. The Morgan fingerprint density at radius 3 is 3.00 bits per heavy atom. The fraction of sp³-hybridized carbons (Fsp3) is 0.333. The average Bonchev–Trinajstić information content (AvgIpc) is 2.95. The lowest BCUT2D eigenvalue weighted by Crippen LogP contribution is -2.35. The van der Waals surface area contributed by atoms with E-state index in [4.69, 9.17) is 27.7 Å². The Hall–Kier alpha value is -1.52. The van der Waals surface area contributed by atoms with Crippen LogP contribution in [0.3, 0.4) is 0 Å². The summed E-state index contributed by atoms with van der Waals surface area (Å²) in [5.74, 6) is 1.02. The quantitative estimate of drug-likeness (QED) is 0.868. The Labute approximate surface area is 132 Å². The number of nitrogens with zero attached hydrogens (tertiary/aromatic N) is 2. The van der Waals surface area contributed by atoms with E-state index >= 15 is 0 Å². The van der Waals surface area contributed by atoms with Gasteiger partial charge in [0.25, 0.3) is 0 Å². The molecule has 0 unspecified atom stereocenters. The number of hydrogen-bond acceptors (Lipinski definition) is 3. The van der Waals surface area contributed by atoms with Crippen molar-refractivity contribution < 1.29 is 9.32 Å². The Balaban J connectivity index is 1.58. The third kappa shape index (κ3) is 3.22. The second-order valence-corrected chi connectivity index (χ2v) is 5.90. The maximum absolute atomic E-state index is 12.3. The number of hydrogen-bond donors (Lipinski definition) is 0. The van der Waals surface area contributed by atoms with Crippen molar-refractivity contribution in [1.82, 2.24) is 10.1 Å². The molecular formula is C15H14Cl2N2O2. The van der Waals surface area contributed by atoms with Crippen LogP contribution in [0.15, 0.2) is 28.9 Å². The van der Waals surface area contributed by atoms with Crippen LogP contribution < -0.4 is 0 Å². The first-order valence-electron chi connectivity index (χ1n) is 6.77. The fourth-order valence-electron chi connectivity index (χ4n) is 2.46. The van der Waals surface area contributed by atoms with Crippen LogP contribution in [0.25, 0.3) is 0 Å². The van der Waals surface area contributed by atoms with Gasteiger partial charge in [0.2, 0.25) is 5.91 Å². The maximum Gasteiger partial charge on any atom is 0.223 e. The Bertz CT molecular complexity index is 669. The predicted octanol–water partition coefficient (Wildman–Crippen LogP) is 3.50. The second kappa shape index (κ2) is 6.08. The van der Waals surface area contributed by atoms with Crippen molar-refractivity contribution in [1.29, 1.82) is 0 Å². The molecule has 0 N–H and O–H groups in total. The van der Waals surface area contributed by atoms with Crippen molar-refractivity contribution in [3.8, 4) is 0 Å². The number of carbonyl (C=O) groups is 1. The van der Waals surface area contributed by atoms with E-state index in [9.17, 15) is 4.79 Å². The number of benzene rings is 1. The summed E-state index contributed by atoms with van der Waals surface area (Å²) in [6.07, 6.45) is 3.53. The third-order valence-electron chi connectivity index (χ3n) is 3.66. The van der Waals surface area contributed by atoms with Crippen molar-refractivity contribution in [3.63, 3.8) is 0 Å². The molecule has 6 heteroatoms. The number of amides is 1. The van der Waals surface area contributed by atoms with E-state index in [1.807, 2.05) is 17.0 Å². The molecule has 1 amide bonds. The van der Waals surface area contributed by atoms with Gasteiger partial charge in [0, 0.05) is 24.9 Å². The minimum absolute atomic E-state index is 0.132. The minimum atomic E-state index is 0.132. The topological polar surface area (TPSA) is 46.3 Å². The molecule has 1 aromatic heterocycles. The number of carbonyl (C=O) groups excluding carboxylic acids is 1. The van der Waals surface area contributed by atoms with Gasteiger partial charge in [0.05, 0.1) is 22.8 Å². The zero-order valence-corrected chi connectivity index (χ0v) is 12.8. The Morgan fingerprint density at radius 1 is 1.33 bits per heavy atom. The summed E-state index contributed by atoms with van der Waals surface area (Å²) in [4.78, 5) is 14.1. The van der Waals surface area contributed by atoms with Gasteiger partial charge < -0.3 is 9.42 Å². The molecule has 0 radical (unpaired) electrons. The smallest absolute Gasteiger partial charge is 0.223 e. The van der Waals surface area contributed by atoms with Crippen molar-refractivity contribution in [2.24, 2.45) is 0 Å². The van der Waals surface area contributed by atoms with Gasteiger partial charge in [-0.05, 0) is 24.1 Å². The van der Waals surface area contributed by atoms with Gasteiger partial charge >= 0.3 is 0 Å². The highest BCUT2D eigenvalue weighted by atomic mass is 35.5. The molecule has 0 atom stereocenters. The van der Waals surface area contributed by atoms with Gasteiger partial charge in [0.1, 0.15) is 5.76 Å². The standard InChI is InChI=1S/C15H14Cl2N2O2/c16-12-3-1-10(7-13(12)17)2-4-15(20)19-6-5-14-11(9-19)8-18-21-14/h1,3,7-8H,2,4-6,9H2. The van der Waals surface area contributed by atoms with Crippen LogP contribution in [0.1, 0.15) is 23.3 Å². The molecule has 21 heavy (non-hydrogen) atoms. The summed E-state index contributed by atoms with van der Waals surface area (Å²) in [7, 11) is 0. The second-order valence-electron chi connectivity index (χ2n) is 5.09. The normalized spacial score (nSPS) is 14.1. The van der Waals surface area contributed by atoms with Crippen molar-refractivity contribution in [3.05, 3.63) is 51.3 Å². The molecule has 3 rings (SSSR count). The third-order valence-corrected chi connectivity index (χ3v) is 4.40. The lowest BCUT2D eigenvalue weighted by molar-refractivity contribution is -0.132. The van der Waals surface area contributed by atoms with E-state index in [2.05, 4.69) is 5.16 Å². The van der Waals surface area contributed by atoms with Crippen LogP contribution in [-0.2, 0) is 24.2 Å². The van der Waals surface area contributed by atoms with E-state index in [1.54, 1.807) is 12.3 Å². The number of aromatic nitrogens is 1. The molecule has 2 aromatic rings. The van der Waals surface area contributed by atoms with Crippen LogP contribution >= 0.6 is 23.2 Å². The zero-order valence-electron chi connectivity index (χ0n) is 11.3. The number of fused-ring (bicyclic) bond motifs is 1. The molecule has 1 aliphatic heterocycles. The monoisotopic (exact) mass is 324 g/mol. The fourth-order valence-corrected chi connectivity index (χ4v) is 2.78. The first kappa shape index (κ1) is 14.4. The molecule has 0 bridgehead atoms. The van der Waals surface area contributed by atoms with E-state index < -0.39 is 0 Å². The Kier molecular flexibility index (Phi) is 4.17. The summed E-state index contributed by atoms with van der Waals surface area (Å²) in [6, 6.07) is 5.47. The average molecular weight is 325 g/mol. The number of rotatable bonds is 3. The van der Waals surface area contributed by atoms with Crippen LogP contribution in [-0.4, -0.2) is 22.5 Å². The molecule has 0 aliphatic carbocycles. The molecule has 4 nitrogen and oxygen atoms in total. The van der Waals surface area contributed by atoms with Gasteiger partial charge in [0.15, 0.2) is 0 Å². The van der Waals surface area contributed by atoms with Gasteiger partial charge in [-0.2, -0.15) is 0 Å².